The fraction of sp³-hybridized carbons (Fsp3) is 0.778. The average molecular weight is 260 g/mol. The zero-order valence-electron chi connectivity index (χ0n) is 10.1. The van der Waals surface area contributed by atoms with E-state index in [-0.39, 0.29) is 6.54 Å². The van der Waals surface area contributed by atoms with E-state index in [1.807, 2.05) is 6.92 Å². The van der Waals surface area contributed by atoms with Gasteiger partial charge in [0.25, 0.3) is 0 Å². The van der Waals surface area contributed by atoms with E-state index in [2.05, 4.69) is 20.3 Å². The van der Waals surface area contributed by atoms with Gasteiger partial charge in [0.1, 0.15) is 6.54 Å². The first-order chi connectivity index (χ1) is 7.98. The standard InChI is InChI=1S/C9H16N4O3S/c1-4-9(2,15)6-17-8-10-11-12-13(8)5-7(14)16-3/h15H,4-6H2,1-3H3. The van der Waals surface area contributed by atoms with Crippen LogP contribution in [0.4, 0.5) is 0 Å². The maximum Gasteiger partial charge on any atom is 0.327 e. The molecule has 0 fully saturated rings. The number of aromatic nitrogens is 4. The number of nitrogens with zero attached hydrogens (tertiary/aromatic N) is 4. The van der Waals surface area contributed by atoms with Gasteiger partial charge in [-0.25, -0.2) is 4.68 Å². The average Bonchev–Trinajstić information content (AvgIpc) is 2.74. The molecule has 1 aromatic heterocycles. The van der Waals surface area contributed by atoms with Crippen LogP contribution in [0.15, 0.2) is 5.16 Å². The van der Waals surface area contributed by atoms with E-state index in [9.17, 15) is 9.90 Å². The molecule has 0 radical (unpaired) electrons. The van der Waals surface area contributed by atoms with Crippen LogP contribution in [0.2, 0.25) is 0 Å². The minimum Gasteiger partial charge on any atom is -0.468 e. The fourth-order valence-corrected chi connectivity index (χ4v) is 1.90. The number of carbonyl (C=O) groups excluding carboxylic acids is 1. The second kappa shape index (κ2) is 5.97. The maximum absolute atomic E-state index is 11.1. The van der Waals surface area contributed by atoms with E-state index in [1.165, 1.54) is 23.6 Å². The van der Waals surface area contributed by atoms with Crippen LogP contribution in [0.25, 0.3) is 0 Å². The Balaban J connectivity index is 2.60. The molecule has 1 heterocycles. The molecule has 0 aliphatic heterocycles. The van der Waals surface area contributed by atoms with Crippen molar-refractivity contribution in [3.05, 3.63) is 0 Å². The molecule has 0 aliphatic rings. The largest absolute Gasteiger partial charge is 0.468 e. The lowest BCUT2D eigenvalue weighted by molar-refractivity contribution is -0.141. The Bertz CT molecular complexity index is 380. The number of carbonyl (C=O) groups is 1. The highest BCUT2D eigenvalue weighted by Crippen LogP contribution is 2.21. The molecule has 1 atom stereocenters. The molecular formula is C9H16N4O3S. The molecule has 96 valence electrons. The van der Waals surface area contributed by atoms with Crippen molar-refractivity contribution in [2.45, 2.75) is 37.6 Å². The number of methoxy groups -OCH3 is 1. The van der Waals surface area contributed by atoms with Crippen molar-refractivity contribution in [1.29, 1.82) is 0 Å². The van der Waals surface area contributed by atoms with Crippen LogP contribution in [0.1, 0.15) is 20.3 Å². The zero-order valence-corrected chi connectivity index (χ0v) is 10.9. The summed E-state index contributed by atoms with van der Waals surface area (Å²) in [5, 5.41) is 21.3. The number of hydrogen-bond acceptors (Lipinski definition) is 7. The summed E-state index contributed by atoms with van der Waals surface area (Å²) in [7, 11) is 1.31. The molecule has 8 heteroatoms. The lowest BCUT2D eigenvalue weighted by Crippen LogP contribution is -2.26. The third-order valence-corrected chi connectivity index (χ3v) is 3.60. The van der Waals surface area contributed by atoms with Gasteiger partial charge in [-0.2, -0.15) is 0 Å². The molecule has 0 aliphatic carbocycles. The van der Waals surface area contributed by atoms with Crippen molar-refractivity contribution in [1.82, 2.24) is 20.2 Å². The van der Waals surface area contributed by atoms with Crippen LogP contribution >= 0.6 is 11.8 Å². The molecule has 0 aromatic carbocycles. The van der Waals surface area contributed by atoms with Gasteiger partial charge in [0.15, 0.2) is 0 Å². The van der Waals surface area contributed by atoms with Crippen molar-refractivity contribution in [2.75, 3.05) is 12.9 Å². The smallest absolute Gasteiger partial charge is 0.327 e. The number of aliphatic hydroxyl groups is 1. The Labute approximate surface area is 104 Å². The Hall–Kier alpha value is -1.15. The summed E-state index contributed by atoms with van der Waals surface area (Å²) in [6.07, 6.45) is 0.637. The Morgan fingerprint density at radius 1 is 1.65 bits per heavy atom. The molecule has 1 rings (SSSR count). The second-order valence-corrected chi connectivity index (χ2v) is 4.78. The molecule has 7 nitrogen and oxygen atoms in total. The van der Waals surface area contributed by atoms with Crippen LogP contribution in [-0.2, 0) is 16.1 Å². The summed E-state index contributed by atoms with van der Waals surface area (Å²) in [5.74, 6) is 0.0480. The summed E-state index contributed by atoms with van der Waals surface area (Å²) in [4.78, 5) is 11.1. The summed E-state index contributed by atoms with van der Waals surface area (Å²) >= 11 is 1.31. The maximum atomic E-state index is 11.1. The quantitative estimate of drug-likeness (QED) is 0.573. The van der Waals surface area contributed by atoms with Crippen LogP contribution in [-0.4, -0.2) is 49.7 Å². The number of hydrogen-bond donors (Lipinski definition) is 1. The molecule has 1 unspecified atom stereocenters. The van der Waals surface area contributed by atoms with Crippen molar-refractivity contribution in [3.8, 4) is 0 Å². The SMILES string of the molecule is CCC(C)(O)CSc1nnnn1CC(=O)OC. The third kappa shape index (κ3) is 4.31. The lowest BCUT2D eigenvalue weighted by atomic mass is 10.1. The number of thioether (sulfide) groups is 1. The van der Waals surface area contributed by atoms with E-state index in [4.69, 9.17) is 0 Å². The highest BCUT2D eigenvalue weighted by Gasteiger charge is 2.20. The van der Waals surface area contributed by atoms with E-state index in [0.717, 1.165) is 0 Å². The van der Waals surface area contributed by atoms with Crippen molar-refractivity contribution in [3.63, 3.8) is 0 Å². The predicted octanol–water partition coefficient (Wildman–Crippen LogP) is 0.0992. The van der Waals surface area contributed by atoms with Crippen molar-refractivity contribution >= 4 is 17.7 Å². The molecule has 0 bridgehead atoms. The van der Waals surface area contributed by atoms with E-state index >= 15 is 0 Å². The highest BCUT2D eigenvalue weighted by atomic mass is 32.2. The van der Waals surface area contributed by atoms with Crippen LogP contribution in [0.3, 0.4) is 0 Å². The molecule has 0 amide bonds. The molecule has 1 N–H and O–H groups in total. The highest BCUT2D eigenvalue weighted by molar-refractivity contribution is 7.99. The minimum atomic E-state index is -0.771. The van der Waals surface area contributed by atoms with Crippen LogP contribution in [0, 0.1) is 0 Å². The monoisotopic (exact) mass is 260 g/mol. The fourth-order valence-electron chi connectivity index (χ4n) is 0.908. The molecule has 0 saturated carbocycles. The molecule has 1 aromatic rings. The first kappa shape index (κ1) is 13.9. The normalized spacial score (nSPS) is 14.4. The number of rotatable bonds is 6. The Morgan fingerprint density at radius 3 is 2.94 bits per heavy atom. The minimum absolute atomic E-state index is 0.0277. The number of esters is 1. The van der Waals surface area contributed by atoms with Gasteiger partial charge in [-0.15, -0.1) is 5.10 Å². The summed E-state index contributed by atoms with van der Waals surface area (Å²) < 4.78 is 5.88. The van der Waals surface area contributed by atoms with Gasteiger partial charge in [-0.05, 0) is 23.8 Å². The van der Waals surface area contributed by atoms with E-state index in [1.54, 1.807) is 6.92 Å². The summed E-state index contributed by atoms with van der Waals surface area (Å²) in [6, 6.07) is 0. The summed E-state index contributed by atoms with van der Waals surface area (Å²) in [5.41, 5.74) is -0.771. The van der Waals surface area contributed by atoms with Gasteiger partial charge in [0.2, 0.25) is 5.16 Å². The second-order valence-electron chi connectivity index (χ2n) is 3.83. The topological polar surface area (TPSA) is 90.1 Å². The van der Waals surface area contributed by atoms with Crippen LogP contribution in [0.5, 0.6) is 0 Å². The summed E-state index contributed by atoms with van der Waals surface area (Å²) in [6.45, 7) is 3.62. The first-order valence-corrected chi connectivity index (χ1v) is 6.15. The first-order valence-electron chi connectivity index (χ1n) is 5.16. The van der Waals surface area contributed by atoms with E-state index < -0.39 is 11.6 Å². The number of tetrazole rings is 1. The van der Waals surface area contributed by atoms with Gasteiger partial charge in [0, 0.05) is 5.75 Å². The van der Waals surface area contributed by atoms with Gasteiger partial charge >= 0.3 is 5.97 Å². The zero-order chi connectivity index (χ0) is 12.9. The predicted molar refractivity (Wildman–Crippen MR) is 61.5 cm³/mol. The van der Waals surface area contributed by atoms with E-state index in [0.29, 0.717) is 17.3 Å². The van der Waals surface area contributed by atoms with Gasteiger partial charge in [-0.3, -0.25) is 4.79 Å². The molecule has 0 spiro atoms. The van der Waals surface area contributed by atoms with Gasteiger partial charge in [-0.1, -0.05) is 18.7 Å². The van der Waals surface area contributed by atoms with Crippen molar-refractivity contribution in [2.24, 2.45) is 0 Å². The number of ether oxygens (including phenoxy) is 1. The van der Waals surface area contributed by atoms with Gasteiger partial charge in [0.05, 0.1) is 12.7 Å². The Kier molecular flexibility index (Phi) is 4.88. The van der Waals surface area contributed by atoms with Crippen LogP contribution < -0.4 is 0 Å². The molecule has 17 heavy (non-hydrogen) atoms. The van der Waals surface area contributed by atoms with Gasteiger partial charge < -0.3 is 9.84 Å². The lowest BCUT2D eigenvalue weighted by Gasteiger charge is -2.19. The molecule has 0 saturated heterocycles. The Morgan fingerprint density at radius 2 is 2.35 bits per heavy atom. The molecular weight excluding hydrogens is 244 g/mol. The van der Waals surface area contributed by atoms with Crippen molar-refractivity contribution < 1.29 is 14.6 Å². The third-order valence-electron chi connectivity index (χ3n) is 2.28.